The van der Waals surface area contributed by atoms with Crippen LogP contribution in [0.3, 0.4) is 0 Å². The molecule has 0 spiro atoms. The SMILES string of the molecule is CCCC1(CNCC2COCC2NCC)CC1. The van der Waals surface area contributed by atoms with Gasteiger partial charge in [0.2, 0.25) is 0 Å². The van der Waals surface area contributed by atoms with E-state index >= 15 is 0 Å². The van der Waals surface area contributed by atoms with Crippen LogP contribution in [0.2, 0.25) is 0 Å². The summed E-state index contributed by atoms with van der Waals surface area (Å²) in [7, 11) is 0. The normalized spacial score (nSPS) is 30.7. The van der Waals surface area contributed by atoms with Gasteiger partial charge >= 0.3 is 0 Å². The van der Waals surface area contributed by atoms with Crippen LogP contribution in [0.25, 0.3) is 0 Å². The van der Waals surface area contributed by atoms with Crippen LogP contribution in [0.4, 0.5) is 0 Å². The summed E-state index contributed by atoms with van der Waals surface area (Å²) >= 11 is 0. The van der Waals surface area contributed by atoms with Crippen molar-refractivity contribution in [1.82, 2.24) is 10.6 Å². The van der Waals surface area contributed by atoms with E-state index in [1.807, 2.05) is 0 Å². The highest BCUT2D eigenvalue weighted by Crippen LogP contribution is 2.48. The first-order chi connectivity index (χ1) is 8.29. The van der Waals surface area contributed by atoms with Gasteiger partial charge in [0, 0.05) is 25.0 Å². The van der Waals surface area contributed by atoms with E-state index in [0.29, 0.717) is 17.4 Å². The predicted octanol–water partition coefficient (Wildman–Crippen LogP) is 1.78. The van der Waals surface area contributed by atoms with Gasteiger partial charge in [-0.05, 0) is 31.2 Å². The summed E-state index contributed by atoms with van der Waals surface area (Å²) in [5.74, 6) is 0.660. The summed E-state index contributed by atoms with van der Waals surface area (Å²) in [6.07, 6.45) is 5.60. The van der Waals surface area contributed by atoms with E-state index in [9.17, 15) is 0 Å². The Kier molecular flexibility index (Phi) is 4.83. The fraction of sp³-hybridized carbons (Fsp3) is 1.00. The smallest absolute Gasteiger partial charge is 0.0623 e. The van der Waals surface area contributed by atoms with Gasteiger partial charge in [-0.2, -0.15) is 0 Å². The van der Waals surface area contributed by atoms with Crippen molar-refractivity contribution in [3.8, 4) is 0 Å². The molecule has 2 aliphatic rings. The Hall–Kier alpha value is -0.120. The van der Waals surface area contributed by atoms with E-state index in [4.69, 9.17) is 4.74 Å². The topological polar surface area (TPSA) is 33.3 Å². The van der Waals surface area contributed by atoms with Crippen LogP contribution in [0, 0.1) is 11.3 Å². The molecule has 1 saturated carbocycles. The minimum absolute atomic E-state index is 0.564. The minimum atomic E-state index is 0.564. The zero-order chi connectivity index (χ0) is 12.1. The lowest BCUT2D eigenvalue weighted by Crippen LogP contribution is -2.41. The monoisotopic (exact) mass is 240 g/mol. The van der Waals surface area contributed by atoms with Gasteiger partial charge < -0.3 is 15.4 Å². The second-order valence-electron chi connectivity index (χ2n) is 5.84. The Morgan fingerprint density at radius 1 is 1.24 bits per heavy atom. The molecule has 1 saturated heterocycles. The standard InChI is InChI=1S/C14H28N2O/c1-3-5-14(6-7-14)11-15-8-12-9-17-10-13(12)16-4-2/h12-13,15-16H,3-11H2,1-2H3. The molecule has 100 valence electrons. The van der Waals surface area contributed by atoms with Gasteiger partial charge in [-0.1, -0.05) is 20.3 Å². The molecule has 0 aromatic carbocycles. The number of hydrogen-bond donors (Lipinski definition) is 2. The number of ether oxygens (including phenoxy) is 1. The van der Waals surface area contributed by atoms with Crippen molar-refractivity contribution in [2.45, 2.75) is 45.6 Å². The predicted molar refractivity (Wildman–Crippen MR) is 71.2 cm³/mol. The van der Waals surface area contributed by atoms with Crippen LogP contribution in [-0.2, 0) is 4.74 Å². The molecule has 0 aromatic heterocycles. The lowest BCUT2D eigenvalue weighted by atomic mass is 9.99. The Balaban J connectivity index is 1.64. The number of nitrogens with one attached hydrogen (secondary N) is 2. The van der Waals surface area contributed by atoms with Crippen molar-refractivity contribution in [3.63, 3.8) is 0 Å². The molecule has 2 rings (SSSR count). The van der Waals surface area contributed by atoms with Gasteiger partial charge in [0.1, 0.15) is 0 Å². The van der Waals surface area contributed by atoms with Gasteiger partial charge in [-0.3, -0.25) is 0 Å². The quantitative estimate of drug-likeness (QED) is 0.678. The molecule has 2 N–H and O–H groups in total. The summed E-state index contributed by atoms with van der Waals surface area (Å²) in [6, 6.07) is 0.564. The molecule has 2 atom stereocenters. The van der Waals surface area contributed by atoms with Crippen molar-refractivity contribution < 1.29 is 4.74 Å². The molecular formula is C14H28N2O. The second-order valence-corrected chi connectivity index (χ2v) is 5.84. The third-order valence-corrected chi connectivity index (χ3v) is 4.31. The largest absolute Gasteiger partial charge is 0.379 e. The summed E-state index contributed by atoms with van der Waals surface area (Å²) < 4.78 is 5.57. The van der Waals surface area contributed by atoms with Crippen LogP contribution >= 0.6 is 0 Å². The average Bonchev–Trinajstić information content (AvgIpc) is 2.93. The van der Waals surface area contributed by atoms with Crippen molar-refractivity contribution in [2.24, 2.45) is 11.3 Å². The molecule has 1 aliphatic heterocycles. The Morgan fingerprint density at radius 3 is 2.71 bits per heavy atom. The van der Waals surface area contributed by atoms with E-state index in [2.05, 4.69) is 24.5 Å². The first kappa shape index (κ1) is 13.3. The summed E-state index contributed by atoms with van der Waals surface area (Å²) in [5.41, 5.74) is 0.669. The average molecular weight is 240 g/mol. The molecule has 1 aliphatic carbocycles. The summed E-state index contributed by atoms with van der Waals surface area (Å²) in [5, 5.41) is 7.20. The van der Waals surface area contributed by atoms with Crippen LogP contribution in [0.1, 0.15) is 39.5 Å². The summed E-state index contributed by atoms with van der Waals surface area (Å²) in [6.45, 7) is 9.66. The van der Waals surface area contributed by atoms with Gasteiger partial charge in [0.25, 0.3) is 0 Å². The minimum Gasteiger partial charge on any atom is -0.379 e. The lowest BCUT2D eigenvalue weighted by molar-refractivity contribution is 0.182. The van der Waals surface area contributed by atoms with Crippen LogP contribution in [0.15, 0.2) is 0 Å². The molecule has 2 unspecified atom stereocenters. The molecule has 1 heterocycles. The van der Waals surface area contributed by atoms with Crippen molar-refractivity contribution >= 4 is 0 Å². The zero-order valence-corrected chi connectivity index (χ0v) is 11.4. The summed E-state index contributed by atoms with van der Waals surface area (Å²) in [4.78, 5) is 0. The van der Waals surface area contributed by atoms with Crippen molar-refractivity contribution in [3.05, 3.63) is 0 Å². The highest BCUT2D eigenvalue weighted by molar-refractivity contribution is 4.95. The van der Waals surface area contributed by atoms with E-state index < -0.39 is 0 Å². The second kappa shape index (κ2) is 6.17. The molecule has 17 heavy (non-hydrogen) atoms. The van der Waals surface area contributed by atoms with Crippen LogP contribution in [0.5, 0.6) is 0 Å². The highest BCUT2D eigenvalue weighted by Gasteiger charge is 2.41. The third kappa shape index (κ3) is 3.67. The fourth-order valence-corrected chi connectivity index (χ4v) is 3.03. The van der Waals surface area contributed by atoms with Gasteiger partial charge in [0.15, 0.2) is 0 Å². The fourth-order valence-electron chi connectivity index (χ4n) is 3.03. The van der Waals surface area contributed by atoms with Crippen molar-refractivity contribution in [1.29, 1.82) is 0 Å². The van der Waals surface area contributed by atoms with Gasteiger partial charge in [-0.15, -0.1) is 0 Å². The molecule has 3 heteroatoms. The van der Waals surface area contributed by atoms with Crippen molar-refractivity contribution in [2.75, 3.05) is 32.8 Å². The zero-order valence-electron chi connectivity index (χ0n) is 11.4. The molecule has 0 bridgehead atoms. The number of hydrogen-bond acceptors (Lipinski definition) is 3. The lowest BCUT2D eigenvalue weighted by Gasteiger charge is -2.21. The van der Waals surface area contributed by atoms with E-state index in [0.717, 1.165) is 26.3 Å². The molecule has 3 nitrogen and oxygen atoms in total. The van der Waals surface area contributed by atoms with Crippen LogP contribution in [-0.4, -0.2) is 38.9 Å². The molecule has 0 radical (unpaired) electrons. The van der Waals surface area contributed by atoms with E-state index in [1.165, 1.54) is 32.2 Å². The molecular weight excluding hydrogens is 212 g/mol. The highest BCUT2D eigenvalue weighted by atomic mass is 16.5. The first-order valence-electron chi connectivity index (χ1n) is 7.31. The van der Waals surface area contributed by atoms with Gasteiger partial charge in [-0.25, -0.2) is 0 Å². The third-order valence-electron chi connectivity index (χ3n) is 4.31. The Bertz CT molecular complexity index is 228. The molecule has 0 aromatic rings. The van der Waals surface area contributed by atoms with Crippen LogP contribution < -0.4 is 10.6 Å². The Morgan fingerprint density at radius 2 is 2.06 bits per heavy atom. The molecule has 2 fully saturated rings. The van der Waals surface area contributed by atoms with E-state index in [-0.39, 0.29) is 0 Å². The first-order valence-corrected chi connectivity index (χ1v) is 7.31. The maximum atomic E-state index is 5.57. The number of rotatable bonds is 8. The maximum Gasteiger partial charge on any atom is 0.0623 e. The maximum absolute atomic E-state index is 5.57. The number of likely N-dealkylation sites (N-methyl/N-ethyl adjacent to an activating group) is 1. The van der Waals surface area contributed by atoms with E-state index in [1.54, 1.807) is 0 Å². The molecule has 0 amide bonds. The Labute approximate surface area is 106 Å². The van der Waals surface area contributed by atoms with Gasteiger partial charge in [0.05, 0.1) is 13.2 Å².